The second-order valence-corrected chi connectivity index (χ2v) is 3.71. The molecule has 0 bridgehead atoms. The zero-order valence-corrected chi connectivity index (χ0v) is 8.57. The van der Waals surface area contributed by atoms with Crippen molar-refractivity contribution >= 4 is 22.6 Å². The summed E-state index contributed by atoms with van der Waals surface area (Å²) in [7, 11) is 0. The van der Waals surface area contributed by atoms with Crippen molar-refractivity contribution in [2.24, 2.45) is 0 Å². The van der Waals surface area contributed by atoms with Crippen LogP contribution in [0, 0.1) is 0 Å². The lowest BCUT2D eigenvalue weighted by molar-refractivity contribution is -0.0111. The summed E-state index contributed by atoms with van der Waals surface area (Å²) in [5, 5.41) is 0. The van der Waals surface area contributed by atoms with E-state index in [4.69, 9.17) is 4.74 Å². The van der Waals surface area contributed by atoms with E-state index < -0.39 is 0 Å². The first-order chi connectivity index (χ1) is 4.12. The Labute approximate surface area is 71.3 Å². The Morgan fingerprint density at radius 2 is 2.00 bits per heavy atom. The fourth-order valence-corrected chi connectivity index (χ4v) is 1.99. The van der Waals surface area contributed by atoms with E-state index in [-0.39, 0.29) is 5.60 Å². The predicted molar refractivity (Wildman–Crippen MR) is 49.2 cm³/mol. The number of alkyl halides is 1. The molecule has 0 rings (SSSR count). The monoisotopic (exact) mass is 242 g/mol. The van der Waals surface area contributed by atoms with Crippen molar-refractivity contribution in [3.05, 3.63) is 0 Å². The summed E-state index contributed by atoms with van der Waals surface area (Å²) in [6.45, 7) is 7.13. The molecule has 0 aliphatic heterocycles. The Hall–Kier alpha value is 0.690. The van der Waals surface area contributed by atoms with Gasteiger partial charge in [-0.2, -0.15) is 0 Å². The highest BCUT2D eigenvalue weighted by Crippen LogP contribution is 2.14. The van der Waals surface area contributed by atoms with E-state index in [0.29, 0.717) is 0 Å². The van der Waals surface area contributed by atoms with E-state index in [1.54, 1.807) is 0 Å². The zero-order chi connectivity index (χ0) is 7.33. The third-order valence-corrected chi connectivity index (χ3v) is 1.77. The van der Waals surface area contributed by atoms with Gasteiger partial charge in [-0.25, -0.2) is 0 Å². The van der Waals surface area contributed by atoms with Crippen LogP contribution in [0.1, 0.15) is 27.2 Å². The highest BCUT2D eigenvalue weighted by molar-refractivity contribution is 14.1. The maximum absolute atomic E-state index is 5.46. The van der Waals surface area contributed by atoms with Crippen molar-refractivity contribution in [2.45, 2.75) is 32.8 Å². The number of hydrogen-bond acceptors (Lipinski definition) is 1. The molecule has 2 heteroatoms. The van der Waals surface area contributed by atoms with Crippen LogP contribution in [0.4, 0.5) is 0 Å². The van der Waals surface area contributed by atoms with Gasteiger partial charge in [-0.15, -0.1) is 0 Å². The van der Waals surface area contributed by atoms with E-state index in [0.717, 1.165) is 13.0 Å². The van der Waals surface area contributed by atoms with E-state index in [1.807, 2.05) is 6.92 Å². The molecule has 0 aliphatic rings. The molecular formula is C7H15IO. The van der Waals surface area contributed by atoms with Gasteiger partial charge in [0.15, 0.2) is 0 Å². The first-order valence-electron chi connectivity index (χ1n) is 3.32. The van der Waals surface area contributed by atoms with Gasteiger partial charge in [-0.1, -0.05) is 22.6 Å². The molecule has 0 N–H and O–H groups in total. The Bertz CT molecular complexity index is 63.3. The Kier molecular flexibility index (Phi) is 4.84. The number of rotatable bonds is 4. The summed E-state index contributed by atoms with van der Waals surface area (Å²) < 4.78 is 6.64. The van der Waals surface area contributed by atoms with Gasteiger partial charge in [-0.05, 0) is 27.2 Å². The lowest BCUT2D eigenvalue weighted by Crippen LogP contribution is -2.24. The Morgan fingerprint density at radius 1 is 1.44 bits per heavy atom. The molecule has 56 valence electrons. The number of hydrogen-bond donors (Lipinski definition) is 0. The highest BCUT2D eigenvalue weighted by atomic mass is 127. The summed E-state index contributed by atoms with van der Waals surface area (Å²) in [5.74, 6) is 0. The summed E-state index contributed by atoms with van der Waals surface area (Å²) in [6, 6.07) is 0. The molecule has 0 aromatic heterocycles. The van der Waals surface area contributed by atoms with Crippen LogP contribution in [-0.4, -0.2) is 16.6 Å². The molecule has 1 nitrogen and oxygen atoms in total. The molecule has 0 aromatic carbocycles. The van der Waals surface area contributed by atoms with Gasteiger partial charge in [0, 0.05) is 11.0 Å². The van der Waals surface area contributed by atoms with Crippen molar-refractivity contribution < 1.29 is 4.74 Å². The largest absolute Gasteiger partial charge is 0.376 e. The fraction of sp³-hybridized carbons (Fsp3) is 1.00. The van der Waals surface area contributed by atoms with Crippen molar-refractivity contribution in [2.75, 3.05) is 11.0 Å². The van der Waals surface area contributed by atoms with E-state index in [2.05, 4.69) is 36.4 Å². The van der Waals surface area contributed by atoms with Crippen LogP contribution < -0.4 is 0 Å². The topological polar surface area (TPSA) is 9.23 Å². The van der Waals surface area contributed by atoms with E-state index in [1.165, 1.54) is 4.43 Å². The zero-order valence-electron chi connectivity index (χ0n) is 6.41. The third kappa shape index (κ3) is 5.15. The van der Waals surface area contributed by atoms with Crippen LogP contribution in [-0.2, 0) is 4.74 Å². The van der Waals surface area contributed by atoms with Gasteiger partial charge in [0.25, 0.3) is 0 Å². The number of ether oxygens (including phenoxy) is 1. The van der Waals surface area contributed by atoms with Crippen molar-refractivity contribution in [3.63, 3.8) is 0 Å². The summed E-state index contributed by atoms with van der Waals surface area (Å²) >= 11 is 2.37. The van der Waals surface area contributed by atoms with Gasteiger partial charge in [-0.3, -0.25) is 0 Å². The average molecular weight is 242 g/mol. The highest BCUT2D eigenvalue weighted by Gasteiger charge is 2.15. The van der Waals surface area contributed by atoms with Gasteiger partial charge in [0.2, 0.25) is 0 Å². The molecule has 0 heterocycles. The molecule has 9 heavy (non-hydrogen) atoms. The normalized spacial score (nSPS) is 12.0. The molecule has 0 atom stereocenters. The van der Waals surface area contributed by atoms with Crippen LogP contribution in [0.3, 0.4) is 0 Å². The predicted octanol–water partition coefficient (Wildman–Crippen LogP) is 2.63. The molecule has 0 aliphatic carbocycles. The Morgan fingerprint density at radius 3 is 2.33 bits per heavy atom. The molecule has 0 saturated heterocycles. The fourth-order valence-electron chi connectivity index (χ4n) is 0.690. The summed E-state index contributed by atoms with van der Waals surface area (Å²) in [6.07, 6.45) is 1.14. The van der Waals surface area contributed by atoms with Crippen molar-refractivity contribution in [3.8, 4) is 0 Å². The Balaban J connectivity index is 3.43. The van der Waals surface area contributed by atoms with Crippen LogP contribution in [0.5, 0.6) is 0 Å². The summed E-state index contributed by atoms with van der Waals surface area (Å²) in [4.78, 5) is 0. The van der Waals surface area contributed by atoms with E-state index >= 15 is 0 Å². The molecular weight excluding hydrogens is 227 g/mol. The van der Waals surface area contributed by atoms with Crippen LogP contribution in [0.25, 0.3) is 0 Å². The first kappa shape index (κ1) is 9.69. The standard InChI is InChI=1S/C7H15IO/c1-4-9-7(2,3)5-6-8/h4-6H2,1-3H3. The second kappa shape index (κ2) is 4.50. The minimum absolute atomic E-state index is 0.0932. The summed E-state index contributed by atoms with van der Waals surface area (Å²) in [5.41, 5.74) is 0.0932. The lowest BCUT2D eigenvalue weighted by atomic mass is 10.1. The third-order valence-electron chi connectivity index (χ3n) is 1.23. The SMILES string of the molecule is CCOC(C)(C)CCI. The van der Waals surface area contributed by atoms with Crippen LogP contribution in [0.2, 0.25) is 0 Å². The van der Waals surface area contributed by atoms with Crippen molar-refractivity contribution in [1.29, 1.82) is 0 Å². The second-order valence-electron chi connectivity index (χ2n) is 2.63. The van der Waals surface area contributed by atoms with Gasteiger partial charge in [0.1, 0.15) is 0 Å². The van der Waals surface area contributed by atoms with Gasteiger partial charge >= 0.3 is 0 Å². The smallest absolute Gasteiger partial charge is 0.0633 e. The lowest BCUT2D eigenvalue weighted by Gasteiger charge is -2.23. The molecule has 0 fully saturated rings. The van der Waals surface area contributed by atoms with Gasteiger partial charge in [0.05, 0.1) is 5.60 Å². The van der Waals surface area contributed by atoms with Crippen molar-refractivity contribution in [1.82, 2.24) is 0 Å². The quantitative estimate of drug-likeness (QED) is 0.544. The number of halogens is 1. The maximum atomic E-state index is 5.46. The molecule has 0 radical (unpaired) electrons. The maximum Gasteiger partial charge on any atom is 0.0633 e. The van der Waals surface area contributed by atoms with Gasteiger partial charge < -0.3 is 4.74 Å². The molecule has 0 amide bonds. The first-order valence-corrected chi connectivity index (χ1v) is 4.85. The molecule has 0 spiro atoms. The van der Waals surface area contributed by atoms with E-state index in [9.17, 15) is 0 Å². The molecule has 0 saturated carbocycles. The average Bonchev–Trinajstić information content (AvgIpc) is 1.64. The minimum Gasteiger partial charge on any atom is -0.376 e. The molecule has 0 unspecified atom stereocenters. The van der Waals surface area contributed by atoms with Crippen LogP contribution >= 0.6 is 22.6 Å². The molecule has 0 aromatic rings. The minimum atomic E-state index is 0.0932. The van der Waals surface area contributed by atoms with Crippen LogP contribution in [0.15, 0.2) is 0 Å².